The van der Waals surface area contributed by atoms with Gasteiger partial charge in [0.25, 0.3) is 0 Å². The minimum atomic E-state index is -0.334. The second-order valence-corrected chi connectivity index (χ2v) is 7.72. The zero-order valence-corrected chi connectivity index (χ0v) is 15.8. The molecule has 0 bridgehead atoms. The minimum Gasteiger partial charge on any atom is -0.410 e. The van der Waals surface area contributed by atoms with Crippen LogP contribution in [0, 0.1) is 5.92 Å². The van der Waals surface area contributed by atoms with Crippen molar-refractivity contribution in [2.45, 2.75) is 45.1 Å². The summed E-state index contributed by atoms with van der Waals surface area (Å²) in [5.41, 5.74) is 3.81. The molecule has 1 fully saturated rings. The molecular weight excluding hydrogens is 336 g/mol. The molecule has 1 heterocycles. The largest absolute Gasteiger partial charge is 0.412 e. The molecule has 0 atom stereocenters. The van der Waals surface area contributed by atoms with Gasteiger partial charge >= 0.3 is 6.09 Å². The topological polar surface area (TPSA) is 41.6 Å². The summed E-state index contributed by atoms with van der Waals surface area (Å²) in [5, 5.41) is 2.94. The average molecular weight is 364 g/mol. The normalized spacial score (nSPS) is 16.8. The van der Waals surface area contributed by atoms with E-state index in [-0.39, 0.29) is 6.09 Å². The molecular formula is C23H28N2O2. The lowest BCUT2D eigenvalue weighted by molar-refractivity contribution is 0.196. The van der Waals surface area contributed by atoms with E-state index in [2.05, 4.69) is 40.5 Å². The van der Waals surface area contributed by atoms with Gasteiger partial charge in [-0.3, -0.25) is 0 Å². The molecule has 1 aliphatic heterocycles. The van der Waals surface area contributed by atoms with Crippen molar-refractivity contribution in [1.29, 1.82) is 0 Å². The van der Waals surface area contributed by atoms with Crippen LogP contribution in [-0.2, 0) is 13.0 Å². The van der Waals surface area contributed by atoms with Crippen LogP contribution >= 0.6 is 0 Å². The van der Waals surface area contributed by atoms with Gasteiger partial charge in [0.2, 0.25) is 0 Å². The number of fused-ring (bicyclic) bond motifs is 1. The van der Waals surface area contributed by atoms with Gasteiger partial charge < -0.3 is 15.0 Å². The predicted molar refractivity (Wildman–Crippen MR) is 108 cm³/mol. The Hall–Kier alpha value is -2.49. The van der Waals surface area contributed by atoms with Gasteiger partial charge in [-0.1, -0.05) is 49.6 Å². The third kappa shape index (κ3) is 4.62. The van der Waals surface area contributed by atoms with Gasteiger partial charge in [0.05, 0.1) is 0 Å². The monoisotopic (exact) mass is 364 g/mol. The first-order valence-corrected chi connectivity index (χ1v) is 10.2. The van der Waals surface area contributed by atoms with Crippen LogP contribution in [-0.4, -0.2) is 19.2 Å². The van der Waals surface area contributed by atoms with Crippen molar-refractivity contribution in [3.63, 3.8) is 0 Å². The van der Waals surface area contributed by atoms with Crippen molar-refractivity contribution in [2.24, 2.45) is 5.92 Å². The second-order valence-electron chi connectivity index (χ2n) is 7.72. The summed E-state index contributed by atoms with van der Waals surface area (Å²) in [7, 11) is 0. The highest BCUT2D eigenvalue weighted by molar-refractivity contribution is 5.71. The van der Waals surface area contributed by atoms with Gasteiger partial charge in [-0.05, 0) is 54.5 Å². The maximum Gasteiger partial charge on any atom is 0.412 e. The Morgan fingerprint density at radius 2 is 1.89 bits per heavy atom. The van der Waals surface area contributed by atoms with Crippen molar-refractivity contribution >= 4 is 11.8 Å². The number of rotatable bonds is 5. The predicted octanol–water partition coefficient (Wildman–Crippen LogP) is 4.92. The molecule has 1 N–H and O–H groups in total. The molecule has 27 heavy (non-hydrogen) atoms. The van der Waals surface area contributed by atoms with Gasteiger partial charge in [-0.2, -0.15) is 0 Å². The van der Waals surface area contributed by atoms with Gasteiger partial charge in [-0.25, -0.2) is 4.79 Å². The zero-order valence-electron chi connectivity index (χ0n) is 15.8. The molecule has 0 radical (unpaired) electrons. The summed E-state index contributed by atoms with van der Waals surface area (Å²) in [4.78, 5) is 14.5. The van der Waals surface area contributed by atoms with Crippen LogP contribution in [0.3, 0.4) is 0 Å². The molecule has 0 saturated heterocycles. The fourth-order valence-electron chi connectivity index (χ4n) is 4.24. The van der Waals surface area contributed by atoms with E-state index in [0.717, 1.165) is 26.1 Å². The van der Waals surface area contributed by atoms with Crippen LogP contribution in [0.25, 0.3) is 0 Å². The van der Waals surface area contributed by atoms with Crippen molar-refractivity contribution < 1.29 is 9.53 Å². The maximum atomic E-state index is 12.1. The number of hydrogen-bond donors (Lipinski definition) is 1. The van der Waals surface area contributed by atoms with E-state index in [1.54, 1.807) is 0 Å². The third-order valence-electron chi connectivity index (χ3n) is 5.73. The Kier molecular flexibility index (Phi) is 5.61. The number of hydrogen-bond acceptors (Lipinski definition) is 3. The van der Waals surface area contributed by atoms with Crippen LogP contribution in [0.2, 0.25) is 0 Å². The molecule has 142 valence electrons. The van der Waals surface area contributed by atoms with E-state index in [1.807, 2.05) is 18.2 Å². The standard InChI is InChI=1S/C23H28N2O2/c26-23(24-16-18-7-3-1-4-8-18)27-21-11-12-22-20(15-21)13-14-25(22)17-19-9-5-2-6-10-19/h2,5-6,9-12,15,18H,1,3-4,7-8,13-14,16-17H2,(H,24,26). The Bertz CT molecular complexity index is 769. The van der Waals surface area contributed by atoms with E-state index < -0.39 is 0 Å². The number of anilines is 1. The lowest BCUT2D eigenvalue weighted by atomic mass is 9.89. The molecule has 2 aliphatic rings. The maximum absolute atomic E-state index is 12.1. The lowest BCUT2D eigenvalue weighted by Crippen LogP contribution is -2.32. The van der Waals surface area contributed by atoms with E-state index in [4.69, 9.17) is 4.74 Å². The molecule has 1 amide bonds. The Balaban J connectivity index is 1.32. The molecule has 4 nitrogen and oxygen atoms in total. The first kappa shape index (κ1) is 17.9. The van der Waals surface area contributed by atoms with Crippen molar-refractivity contribution in [3.05, 3.63) is 59.7 Å². The van der Waals surface area contributed by atoms with E-state index in [0.29, 0.717) is 11.7 Å². The van der Waals surface area contributed by atoms with Gasteiger partial charge in [0, 0.05) is 25.3 Å². The van der Waals surface area contributed by atoms with Crippen LogP contribution < -0.4 is 15.0 Å². The van der Waals surface area contributed by atoms with Crippen molar-refractivity contribution in [2.75, 3.05) is 18.0 Å². The summed E-state index contributed by atoms with van der Waals surface area (Å²) in [6.45, 7) is 2.64. The SMILES string of the molecule is O=C(NCC1CCCCC1)Oc1ccc2c(c1)CCN2Cc1ccccc1. The molecule has 1 aliphatic carbocycles. The van der Waals surface area contributed by atoms with E-state index >= 15 is 0 Å². The molecule has 0 spiro atoms. The summed E-state index contributed by atoms with van der Waals surface area (Å²) in [6.07, 6.45) is 6.99. The smallest absolute Gasteiger partial charge is 0.410 e. The first-order valence-electron chi connectivity index (χ1n) is 10.2. The van der Waals surface area contributed by atoms with Gasteiger partial charge in [0.1, 0.15) is 5.75 Å². The summed E-state index contributed by atoms with van der Waals surface area (Å²) in [6, 6.07) is 16.5. The Morgan fingerprint density at radius 3 is 2.70 bits per heavy atom. The van der Waals surface area contributed by atoms with Gasteiger partial charge in [0.15, 0.2) is 0 Å². The number of nitrogens with zero attached hydrogens (tertiary/aromatic N) is 1. The molecule has 2 aromatic carbocycles. The highest BCUT2D eigenvalue weighted by atomic mass is 16.6. The zero-order chi connectivity index (χ0) is 18.5. The summed E-state index contributed by atoms with van der Waals surface area (Å²) < 4.78 is 5.52. The summed E-state index contributed by atoms with van der Waals surface area (Å²) >= 11 is 0. The fraction of sp³-hybridized carbons (Fsp3) is 0.435. The quantitative estimate of drug-likeness (QED) is 0.819. The van der Waals surface area contributed by atoms with Crippen molar-refractivity contribution in [3.8, 4) is 5.75 Å². The number of amides is 1. The first-order chi connectivity index (χ1) is 13.3. The highest BCUT2D eigenvalue weighted by Gasteiger charge is 2.20. The molecule has 0 aromatic heterocycles. The number of carbonyl (C=O) groups excluding carboxylic acids is 1. The fourth-order valence-corrected chi connectivity index (χ4v) is 4.24. The number of nitrogens with one attached hydrogen (secondary N) is 1. The van der Waals surface area contributed by atoms with E-state index in [9.17, 15) is 4.79 Å². The van der Waals surface area contributed by atoms with Crippen LogP contribution in [0.1, 0.15) is 43.2 Å². The third-order valence-corrected chi connectivity index (χ3v) is 5.73. The minimum absolute atomic E-state index is 0.334. The average Bonchev–Trinajstić information content (AvgIpc) is 3.10. The Morgan fingerprint density at radius 1 is 1.07 bits per heavy atom. The molecule has 0 unspecified atom stereocenters. The molecule has 2 aromatic rings. The van der Waals surface area contributed by atoms with E-state index in [1.165, 1.54) is 48.9 Å². The lowest BCUT2D eigenvalue weighted by Gasteiger charge is -2.21. The number of benzene rings is 2. The van der Waals surface area contributed by atoms with Crippen LogP contribution in [0.15, 0.2) is 48.5 Å². The molecule has 4 heteroatoms. The second kappa shape index (κ2) is 8.47. The number of carbonyl (C=O) groups is 1. The molecule has 4 rings (SSSR count). The highest BCUT2D eigenvalue weighted by Crippen LogP contribution is 2.32. The molecule has 1 saturated carbocycles. The summed E-state index contributed by atoms with van der Waals surface area (Å²) in [5.74, 6) is 1.24. The number of ether oxygens (including phenoxy) is 1. The Labute approximate surface area is 161 Å². The van der Waals surface area contributed by atoms with Gasteiger partial charge in [-0.15, -0.1) is 0 Å². The van der Waals surface area contributed by atoms with Crippen molar-refractivity contribution in [1.82, 2.24) is 5.32 Å². The van der Waals surface area contributed by atoms with Crippen LogP contribution in [0.5, 0.6) is 5.75 Å². The van der Waals surface area contributed by atoms with Crippen LogP contribution in [0.4, 0.5) is 10.5 Å².